The zero-order chi connectivity index (χ0) is 17.2. The molecule has 126 valence electrons. The predicted molar refractivity (Wildman–Crippen MR) is 93.9 cm³/mol. The summed E-state index contributed by atoms with van der Waals surface area (Å²) in [5, 5.41) is 9.05. The van der Waals surface area contributed by atoms with Gasteiger partial charge in [-0.05, 0) is 29.8 Å². The van der Waals surface area contributed by atoms with Gasteiger partial charge in [0.25, 0.3) is 5.91 Å². The topological polar surface area (TPSA) is 56.6 Å². The van der Waals surface area contributed by atoms with Crippen molar-refractivity contribution in [1.82, 2.24) is 4.90 Å². The van der Waals surface area contributed by atoms with Gasteiger partial charge in [-0.3, -0.25) is 9.69 Å². The Morgan fingerprint density at radius 2 is 1.96 bits per heavy atom. The van der Waals surface area contributed by atoms with Crippen molar-refractivity contribution in [2.24, 2.45) is 0 Å². The van der Waals surface area contributed by atoms with E-state index < -0.39 is 0 Å². The maximum atomic E-state index is 12.4. The number of likely N-dealkylation sites (tertiary alicyclic amines) is 1. The van der Waals surface area contributed by atoms with Gasteiger partial charge < -0.3 is 9.64 Å². The molecule has 0 N–H and O–H groups in total. The van der Waals surface area contributed by atoms with Crippen LogP contribution in [0.2, 0.25) is 0 Å². The molecule has 5 heteroatoms. The maximum absolute atomic E-state index is 12.4. The van der Waals surface area contributed by atoms with Crippen molar-refractivity contribution in [1.29, 1.82) is 5.26 Å². The van der Waals surface area contributed by atoms with Crippen molar-refractivity contribution >= 4 is 11.6 Å². The largest absolute Gasteiger partial charge is 0.365 e. The number of nitrogens with zero attached hydrogens (tertiary/aromatic N) is 3. The third kappa shape index (κ3) is 3.14. The van der Waals surface area contributed by atoms with Crippen molar-refractivity contribution in [3.63, 3.8) is 0 Å². The number of carbonyl (C=O) groups excluding carboxylic acids is 1. The molecule has 2 aliphatic heterocycles. The molecule has 0 saturated carbocycles. The lowest BCUT2D eigenvalue weighted by Crippen LogP contribution is -2.54. The summed E-state index contributed by atoms with van der Waals surface area (Å²) in [6, 6.07) is 19.7. The Kier molecular flexibility index (Phi) is 4.22. The molecule has 0 spiro atoms. The highest BCUT2D eigenvalue weighted by atomic mass is 16.5. The van der Waals surface area contributed by atoms with Gasteiger partial charge in [0.15, 0.2) is 0 Å². The normalized spacial score (nSPS) is 23.3. The summed E-state index contributed by atoms with van der Waals surface area (Å²) in [4.78, 5) is 16.6. The van der Waals surface area contributed by atoms with Gasteiger partial charge in [0.1, 0.15) is 6.61 Å². The third-order valence-corrected chi connectivity index (χ3v) is 4.83. The summed E-state index contributed by atoms with van der Waals surface area (Å²) >= 11 is 0. The Bertz CT molecular complexity index is 815. The van der Waals surface area contributed by atoms with Gasteiger partial charge in [-0.25, -0.2) is 0 Å². The van der Waals surface area contributed by atoms with Crippen LogP contribution in [0.3, 0.4) is 0 Å². The molecule has 5 nitrogen and oxygen atoms in total. The number of para-hydroxylation sites is 1. The van der Waals surface area contributed by atoms with Crippen LogP contribution in [0.25, 0.3) is 0 Å². The van der Waals surface area contributed by atoms with E-state index in [2.05, 4.69) is 11.0 Å². The lowest BCUT2D eigenvalue weighted by molar-refractivity contribution is -0.130. The second-order valence-electron chi connectivity index (χ2n) is 6.52. The average molecular weight is 333 g/mol. The molecule has 2 atom stereocenters. The molecule has 4 rings (SSSR count). The van der Waals surface area contributed by atoms with Gasteiger partial charge in [0, 0.05) is 25.3 Å². The minimum absolute atomic E-state index is 0.0146. The molecule has 0 radical (unpaired) electrons. The smallest absolute Gasteiger partial charge is 0.253 e. The fraction of sp³-hybridized carbons (Fsp3) is 0.300. The summed E-state index contributed by atoms with van der Waals surface area (Å²) in [6.45, 7) is 2.44. The van der Waals surface area contributed by atoms with E-state index in [0.29, 0.717) is 5.56 Å². The molecule has 2 saturated heterocycles. The van der Waals surface area contributed by atoms with E-state index in [-0.39, 0.29) is 24.7 Å². The Morgan fingerprint density at radius 3 is 2.76 bits per heavy atom. The van der Waals surface area contributed by atoms with Crippen molar-refractivity contribution in [3.05, 3.63) is 65.7 Å². The van der Waals surface area contributed by atoms with Gasteiger partial charge >= 0.3 is 0 Å². The third-order valence-electron chi connectivity index (χ3n) is 4.83. The molecule has 2 heterocycles. The van der Waals surface area contributed by atoms with Crippen LogP contribution in [0.4, 0.5) is 5.69 Å². The van der Waals surface area contributed by atoms with Crippen LogP contribution in [-0.2, 0) is 16.1 Å². The lowest BCUT2D eigenvalue weighted by atomic mass is 10.1. The fourth-order valence-electron chi connectivity index (χ4n) is 3.73. The number of amides is 1. The van der Waals surface area contributed by atoms with Gasteiger partial charge in [-0.2, -0.15) is 5.26 Å². The average Bonchev–Trinajstić information content (AvgIpc) is 3.04. The second-order valence-corrected chi connectivity index (χ2v) is 6.52. The number of fused-ring (bicyclic) bond motifs is 1. The molecule has 0 bridgehead atoms. The second kappa shape index (κ2) is 6.67. The van der Waals surface area contributed by atoms with Crippen LogP contribution < -0.4 is 4.90 Å². The highest BCUT2D eigenvalue weighted by Crippen LogP contribution is 2.29. The summed E-state index contributed by atoms with van der Waals surface area (Å²) in [7, 11) is 0. The Labute approximate surface area is 147 Å². The number of hydrogen-bond donors (Lipinski definition) is 0. The zero-order valence-corrected chi connectivity index (χ0v) is 13.8. The van der Waals surface area contributed by atoms with E-state index in [1.165, 1.54) is 0 Å². The first-order valence-corrected chi connectivity index (χ1v) is 8.45. The monoisotopic (exact) mass is 333 g/mol. The van der Waals surface area contributed by atoms with Crippen LogP contribution in [0.5, 0.6) is 0 Å². The first kappa shape index (κ1) is 15.8. The summed E-state index contributed by atoms with van der Waals surface area (Å²) < 4.78 is 5.79. The van der Waals surface area contributed by atoms with E-state index in [1.807, 2.05) is 59.5 Å². The Balaban J connectivity index is 1.53. The van der Waals surface area contributed by atoms with Gasteiger partial charge in [-0.1, -0.05) is 30.3 Å². The molecule has 0 aromatic heterocycles. The molecule has 1 amide bonds. The first-order valence-electron chi connectivity index (χ1n) is 8.45. The molecular formula is C20H19N3O2. The van der Waals surface area contributed by atoms with E-state index >= 15 is 0 Å². The van der Waals surface area contributed by atoms with E-state index in [0.717, 1.165) is 30.9 Å². The highest BCUT2D eigenvalue weighted by Gasteiger charge is 2.43. The quantitative estimate of drug-likeness (QED) is 0.864. The van der Waals surface area contributed by atoms with E-state index in [9.17, 15) is 4.79 Å². The van der Waals surface area contributed by atoms with Crippen LogP contribution in [-0.4, -0.2) is 42.6 Å². The number of ether oxygens (including phenoxy) is 1. The predicted octanol–water partition coefficient (Wildman–Crippen LogP) is 2.17. The molecule has 2 aromatic rings. The lowest BCUT2D eigenvalue weighted by Gasteiger charge is -2.36. The van der Waals surface area contributed by atoms with Crippen molar-refractivity contribution in [2.75, 3.05) is 24.6 Å². The van der Waals surface area contributed by atoms with Crippen molar-refractivity contribution in [2.45, 2.75) is 18.7 Å². The molecule has 2 fully saturated rings. The molecular weight excluding hydrogens is 314 g/mol. The van der Waals surface area contributed by atoms with Crippen LogP contribution in [0.1, 0.15) is 11.1 Å². The SMILES string of the molecule is N#Cc1cccc(CN2C[C@@H]3OCC(=O)N(c4ccccc4)[C@@H]3C2)c1. The van der Waals surface area contributed by atoms with Crippen LogP contribution >= 0.6 is 0 Å². The Morgan fingerprint density at radius 1 is 1.12 bits per heavy atom. The Hall–Kier alpha value is -2.68. The number of morpholine rings is 1. The van der Waals surface area contributed by atoms with Gasteiger partial charge in [0.05, 0.1) is 23.8 Å². The molecule has 0 unspecified atom stereocenters. The number of nitriles is 1. The minimum Gasteiger partial charge on any atom is -0.365 e. The summed E-state index contributed by atoms with van der Waals surface area (Å²) in [6.07, 6.45) is 0.0251. The van der Waals surface area contributed by atoms with E-state index in [1.54, 1.807) is 0 Å². The first-order chi connectivity index (χ1) is 12.2. The maximum Gasteiger partial charge on any atom is 0.253 e. The standard InChI is InChI=1S/C20H19N3O2/c21-10-15-5-4-6-16(9-15)11-22-12-18-19(13-22)25-14-20(24)23(18)17-7-2-1-3-8-17/h1-9,18-19H,11-14H2/t18-,19+/m1/s1. The number of rotatable bonds is 3. The molecule has 25 heavy (non-hydrogen) atoms. The van der Waals surface area contributed by atoms with Gasteiger partial charge in [0.2, 0.25) is 0 Å². The van der Waals surface area contributed by atoms with Crippen molar-refractivity contribution < 1.29 is 9.53 Å². The number of hydrogen-bond acceptors (Lipinski definition) is 4. The molecule has 2 aliphatic rings. The number of benzene rings is 2. The van der Waals surface area contributed by atoms with Crippen LogP contribution in [0, 0.1) is 11.3 Å². The minimum atomic E-state index is 0.0146. The number of carbonyl (C=O) groups is 1. The highest BCUT2D eigenvalue weighted by molar-refractivity contribution is 5.95. The van der Waals surface area contributed by atoms with Crippen LogP contribution in [0.15, 0.2) is 54.6 Å². The summed E-state index contributed by atoms with van der Waals surface area (Å²) in [5.74, 6) is 0.0146. The van der Waals surface area contributed by atoms with Gasteiger partial charge in [-0.15, -0.1) is 0 Å². The summed E-state index contributed by atoms with van der Waals surface area (Å²) in [5.41, 5.74) is 2.71. The molecule has 0 aliphatic carbocycles. The van der Waals surface area contributed by atoms with E-state index in [4.69, 9.17) is 10.00 Å². The zero-order valence-electron chi connectivity index (χ0n) is 13.8. The fourth-order valence-corrected chi connectivity index (χ4v) is 3.73. The van der Waals surface area contributed by atoms with Crippen molar-refractivity contribution in [3.8, 4) is 6.07 Å². The molecule has 2 aromatic carbocycles. The number of anilines is 1.